The van der Waals surface area contributed by atoms with E-state index in [1.807, 2.05) is 6.07 Å². The van der Waals surface area contributed by atoms with Crippen LogP contribution in [0.25, 0.3) is 0 Å². The van der Waals surface area contributed by atoms with E-state index in [9.17, 15) is 0 Å². The zero-order valence-electron chi connectivity index (χ0n) is 11.9. The van der Waals surface area contributed by atoms with Crippen LogP contribution in [-0.2, 0) is 0 Å². The molecule has 1 aromatic heterocycles. The van der Waals surface area contributed by atoms with Crippen molar-refractivity contribution in [2.24, 2.45) is 23.2 Å². The van der Waals surface area contributed by atoms with E-state index in [1.54, 1.807) is 12.4 Å². The van der Waals surface area contributed by atoms with Gasteiger partial charge in [-0.1, -0.05) is 0 Å². The third kappa shape index (κ3) is 2.38. The molecule has 0 spiro atoms. The van der Waals surface area contributed by atoms with Crippen molar-refractivity contribution < 1.29 is 4.74 Å². The molecule has 4 saturated carbocycles. The zero-order valence-corrected chi connectivity index (χ0v) is 13.4. The molecule has 20 heavy (non-hydrogen) atoms. The summed E-state index contributed by atoms with van der Waals surface area (Å²) in [6, 6.07) is 1.95. The van der Waals surface area contributed by atoms with Gasteiger partial charge in [-0.15, -0.1) is 0 Å². The maximum absolute atomic E-state index is 5.99. The van der Waals surface area contributed by atoms with Gasteiger partial charge in [-0.05, 0) is 90.1 Å². The van der Waals surface area contributed by atoms with Crippen LogP contribution < -0.4 is 4.74 Å². The first-order chi connectivity index (χ1) is 9.72. The topological polar surface area (TPSA) is 22.1 Å². The second-order valence-corrected chi connectivity index (χ2v) is 8.18. The van der Waals surface area contributed by atoms with Gasteiger partial charge in [0.05, 0.1) is 11.1 Å². The Labute approximate surface area is 129 Å². The Bertz CT molecular complexity index is 466. The highest BCUT2D eigenvalue weighted by Gasteiger charge is 2.50. The summed E-state index contributed by atoms with van der Waals surface area (Å²) in [5.74, 6) is 4.04. The molecule has 1 heterocycles. The fourth-order valence-corrected chi connectivity index (χ4v) is 5.82. The van der Waals surface area contributed by atoms with Gasteiger partial charge in [-0.2, -0.15) is 0 Å². The van der Waals surface area contributed by atoms with Crippen molar-refractivity contribution >= 4 is 15.9 Å². The summed E-state index contributed by atoms with van der Waals surface area (Å²) in [7, 11) is 0. The Morgan fingerprint density at radius 1 is 1.15 bits per heavy atom. The number of aromatic nitrogens is 1. The number of hydrogen-bond acceptors (Lipinski definition) is 2. The van der Waals surface area contributed by atoms with Gasteiger partial charge in [0.2, 0.25) is 0 Å². The summed E-state index contributed by atoms with van der Waals surface area (Å²) >= 11 is 3.50. The van der Waals surface area contributed by atoms with Crippen molar-refractivity contribution in [1.82, 2.24) is 4.98 Å². The van der Waals surface area contributed by atoms with Gasteiger partial charge in [-0.3, -0.25) is 4.98 Å². The van der Waals surface area contributed by atoms with Crippen molar-refractivity contribution in [1.29, 1.82) is 0 Å². The van der Waals surface area contributed by atoms with E-state index in [-0.39, 0.29) is 0 Å². The molecule has 0 radical (unpaired) electrons. The molecule has 0 amide bonds. The number of halogens is 1. The number of rotatable bonds is 4. The molecule has 1 aromatic rings. The van der Waals surface area contributed by atoms with E-state index in [1.165, 1.54) is 44.9 Å². The Balaban J connectivity index is 1.39. The van der Waals surface area contributed by atoms with Crippen LogP contribution in [0.2, 0.25) is 0 Å². The number of hydrogen-bond donors (Lipinski definition) is 0. The largest absolute Gasteiger partial charge is 0.492 e. The number of nitrogens with zero attached hydrogens (tertiary/aromatic N) is 1. The molecule has 0 aromatic carbocycles. The average molecular weight is 336 g/mol. The van der Waals surface area contributed by atoms with Crippen LogP contribution in [0.3, 0.4) is 0 Å². The van der Waals surface area contributed by atoms with Crippen LogP contribution in [0.15, 0.2) is 22.9 Å². The summed E-state index contributed by atoms with van der Waals surface area (Å²) in [6.07, 6.45) is 13.8. The molecule has 108 valence electrons. The van der Waals surface area contributed by atoms with E-state index in [2.05, 4.69) is 20.9 Å². The maximum atomic E-state index is 5.99. The van der Waals surface area contributed by atoms with Crippen molar-refractivity contribution in [2.75, 3.05) is 6.61 Å². The Morgan fingerprint density at radius 3 is 2.40 bits per heavy atom. The molecule has 3 heteroatoms. The molecule has 2 nitrogen and oxygen atoms in total. The molecule has 4 aliphatic rings. The third-order valence-electron chi connectivity index (χ3n) is 5.79. The van der Waals surface area contributed by atoms with Crippen LogP contribution in [-0.4, -0.2) is 11.6 Å². The highest BCUT2D eigenvalue weighted by molar-refractivity contribution is 9.10. The van der Waals surface area contributed by atoms with E-state index in [0.717, 1.165) is 34.6 Å². The van der Waals surface area contributed by atoms with E-state index in [0.29, 0.717) is 5.41 Å². The first kappa shape index (κ1) is 13.1. The predicted octanol–water partition coefficient (Wildman–Crippen LogP) is 4.83. The SMILES string of the molecule is Brc1cnccc1OCCC12CC3CC(CC(C3)C1)C2. The van der Waals surface area contributed by atoms with Gasteiger partial charge < -0.3 is 4.74 Å². The fraction of sp³-hybridized carbons (Fsp3) is 0.706. The first-order valence-electron chi connectivity index (χ1n) is 7.95. The van der Waals surface area contributed by atoms with Crippen molar-refractivity contribution in [3.8, 4) is 5.75 Å². The van der Waals surface area contributed by atoms with Gasteiger partial charge in [0.1, 0.15) is 5.75 Å². The van der Waals surface area contributed by atoms with Gasteiger partial charge in [0, 0.05) is 12.4 Å². The smallest absolute Gasteiger partial charge is 0.136 e. The molecule has 5 rings (SSSR count). The molecular weight excluding hydrogens is 314 g/mol. The lowest BCUT2D eigenvalue weighted by Crippen LogP contribution is -2.46. The second kappa shape index (κ2) is 5.01. The van der Waals surface area contributed by atoms with Crippen LogP contribution in [0.1, 0.15) is 44.9 Å². The van der Waals surface area contributed by atoms with Gasteiger partial charge in [0.15, 0.2) is 0 Å². The van der Waals surface area contributed by atoms with E-state index < -0.39 is 0 Å². The summed E-state index contributed by atoms with van der Waals surface area (Å²) < 4.78 is 6.95. The second-order valence-electron chi connectivity index (χ2n) is 7.32. The summed E-state index contributed by atoms with van der Waals surface area (Å²) in [4.78, 5) is 4.08. The Morgan fingerprint density at radius 2 is 1.80 bits per heavy atom. The Kier molecular flexibility index (Phi) is 3.29. The van der Waals surface area contributed by atoms with Crippen LogP contribution in [0.5, 0.6) is 5.75 Å². The van der Waals surface area contributed by atoms with Crippen LogP contribution >= 0.6 is 15.9 Å². The molecule has 0 saturated heterocycles. The quantitative estimate of drug-likeness (QED) is 0.786. The Hall–Kier alpha value is -0.570. The van der Waals surface area contributed by atoms with Crippen molar-refractivity contribution in [2.45, 2.75) is 44.9 Å². The van der Waals surface area contributed by atoms with E-state index in [4.69, 9.17) is 4.74 Å². The zero-order chi connectivity index (χ0) is 13.6. The lowest BCUT2D eigenvalue weighted by Gasteiger charge is -2.57. The summed E-state index contributed by atoms with van der Waals surface area (Å²) in [6.45, 7) is 0.856. The molecule has 0 atom stereocenters. The maximum Gasteiger partial charge on any atom is 0.136 e. The van der Waals surface area contributed by atoms with Gasteiger partial charge >= 0.3 is 0 Å². The normalized spacial score (nSPS) is 38.1. The monoisotopic (exact) mass is 335 g/mol. The molecule has 0 unspecified atom stereocenters. The minimum atomic E-state index is 0.619. The lowest BCUT2D eigenvalue weighted by molar-refractivity contribution is -0.0623. The molecule has 4 fully saturated rings. The summed E-state index contributed by atoms with van der Waals surface area (Å²) in [5.41, 5.74) is 0.619. The van der Waals surface area contributed by atoms with Crippen LogP contribution in [0.4, 0.5) is 0 Å². The van der Waals surface area contributed by atoms with Crippen molar-refractivity contribution in [3.63, 3.8) is 0 Å². The molecule has 4 aliphatic carbocycles. The van der Waals surface area contributed by atoms with Gasteiger partial charge in [0.25, 0.3) is 0 Å². The highest BCUT2D eigenvalue weighted by Crippen LogP contribution is 2.61. The highest BCUT2D eigenvalue weighted by atomic mass is 79.9. The van der Waals surface area contributed by atoms with E-state index >= 15 is 0 Å². The molecule has 0 N–H and O–H groups in total. The minimum absolute atomic E-state index is 0.619. The molecule has 0 aliphatic heterocycles. The predicted molar refractivity (Wildman–Crippen MR) is 82.7 cm³/mol. The third-order valence-corrected chi connectivity index (χ3v) is 6.39. The van der Waals surface area contributed by atoms with Crippen LogP contribution in [0, 0.1) is 23.2 Å². The van der Waals surface area contributed by atoms with Gasteiger partial charge in [-0.25, -0.2) is 0 Å². The molecular formula is C17H22BrNO. The van der Waals surface area contributed by atoms with Crippen molar-refractivity contribution in [3.05, 3.63) is 22.9 Å². The molecule has 4 bridgehead atoms. The lowest BCUT2D eigenvalue weighted by atomic mass is 9.49. The fourth-order valence-electron chi connectivity index (χ4n) is 5.45. The summed E-state index contributed by atoms with van der Waals surface area (Å²) in [5, 5.41) is 0. The standard InChI is InChI=1S/C17H22BrNO/c18-15-11-19-3-1-16(15)20-4-2-17-8-12-5-13(9-17)7-14(6-12)10-17/h1,3,11-14H,2,4-10H2. The first-order valence-corrected chi connectivity index (χ1v) is 8.74. The number of pyridine rings is 1. The number of ether oxygens (including phenoxy) is 1. The minimum Gasteiger partial charge on any atom is -0.492 e. The average Bonchev–Trinajstić information content (AvgIpc) is 2.39.